The number of hydrogen-bond donors (Lipinski definition) is 3. The quantitative estimate of drug-likeness (QED) is 0.251. The molecule has 0 fully saturated rings. The van der Waals surface area contributed by atoms with Gasteiger partial charge in [-0.2, -0.15) is 0 Å². The second-order valence-electron chi connectivity index (χ2n) is 8.59. The number of aliphatic hydroxyl groups is 1. The van der Waals surface area contributed by atoms with Crippen molar-refractivity contribution in [3.8, 4) is 0 Å². The summed E-state index contributed by atoms with van der Waals surface area (Å²) >= 11 is 0. The van der Waals surface area contributed by atoms with Gasteiger partial charge in [0.2, 0.25) is 0 Å². The van der Waals surface area contributed by atoms with Gasteiger partial charge in [0.25, 0.3) is 0 Å². The molecule has 0 aromatic carbocycles. The van der Waals surface area contributed by atoms with Crippen LogP contribution in [-0.4, -0.2) is 27.8 Å². The Morgan fingerprint density at radius 3 is 1.26 bits per heavy atom. The Kier molecular flexibility index (Phi) is 21.3. The monoisotopic (exact) mass is 387 g/mol. The minimum Gasteiger partial charge on any atom is -0.481 e. The second kappa shape index (κ2) is 20.1. The SMILES string of the molecule is CC(O)C(C)(C)N.CCCCCCCCCCCCCCCCCC(=O)O. The number of carbonyl (C=O) groups is 1. The summed E-state index contributed by atoms with van der Waals surface area (Å²) in [4.78, 5) is 10.3. The van der Waals surface area contributed by atoms with Crippen LogP contribution in [0.1, 0.15) is 130 Å². The molecule has 1 atom stereocenters. The third kappa shape index (κ3) is 27.7. The van der Waals surface area contributed by atoms with Gasteiger partial charge >= 0.3 is 5.97 Å². The molecule has 0 aliphatic rings. The summed E-state index contributed by atoms with van der Waals surface area (Å²) in [5, 5.41) is 17.3. The minimum absolute atomic E-state index is 0.345. The summed E-state index contributed by atoms with van der Waals surface area (Å²) in [6.07, 6.45) is 19.8. The number of hydrogen-bond acceptors (Lipinski definition) is 3. The van der Waals surface area contributed by atoms with Gasteiger partial charge in [-0.05, 0) is 27.2 Å². The van der Waals surface area contributed by atoms with E-state index in [0.717, 1.165) is 12.8 Å². The lowest BCUT2D eigenvalue weighted by atomic mass is 10.0. The van der Waals surface area contributed by atoms with E-state index in [9.17, 15) is 4.79 Å². The fourth-order valence-corrected chi connectivity index (χ4v) is 2.65. The van der Waals surface area contributed by atoms with Crippen LogP contribution in [0.25, 0.3) is 0 Å². The fourth-order valence-electron chi connectivity index (χ4n) is 2.65. The van der Waals surface area contributed by atoms with Crippen LogP contribution in [0.15, 0.2) is 0 Å². The molecule has 0 rings (SSSR count). The predicted molar refractivity (Wildman–Crippen MR) is 117 cm³/mol. The highest BCUT2D eigenvalue weighted by Gasteiger charge is 2.16. The Morgan fingerprint density at radius 2 is 1.04 bits per heavy atom. The van der Waals surface area contributed by atoms with Crippen molar-refractivity contribution in [1.82, 2.24) is 0 Å². The second-order valence-corrected chi connectivity index (χ2v) is 8.59. The zero-order valence-corrected chi connectivity index (χ0v) is 18.8. The van der Waals surface area contributed by atoms with Gasteiger partial charge in [-0.1, -0.05) is 96.8 Å². The molecule has 0 heterocycles. The molecule has 4 heteroatoms. The molecule has 1 unspecified atom stereocenters. The average molecular weight is 388 g/mol. The fraction of sp³-hybridized carbons (Fsp3) is 0.957. The number of aliphatic carboxylic acids is 1. The third-order valence-electron chi connectivity index (χ3n) is 5.07. The first kappa shape index (κ1) is 28.6. The molecule has 0 saturated carbocycles. The van der Waals surface area contributed by atoms with Crippen LogP contribution in [-0.2, 0) is 4.79 Å². The molecule has 0 aliphatic carbocycles. The number of rotatable bonds is 17. The standard InChI is InChI=1S/C18H36O2.C5H13NO/c1-2-3-4-5-6-7-8-9-10-11-12-13-14-15-16-17-18(19)20;1-4(7)5(2,3)6/h2-17H2,1H3,(H,19,20);4,7H,6H2,1-3H3. The van der Waals surface area contributed by atoms with Gasteiger partial charge in [0, 0.05) is 12.0 Å². The summed E-state index contributed by atoms with van der Waals surface area (Å²) in [6, 6.07) is 0. The third-order valence-corrected chi connectivity index (χ3v) is 5.07. The predicted octanol–water partition coefficient (Wildman–Crippen LogP) is 6.44. The van der Waals surface area contributed by atoms with E-state index in [1.54, 1.807) is 20.8 Å². The van der Waals surface area contributed by atoms with E-state index >= 15 is 0 Å². The normalized spacial score (nSPS) is 12.4. The summed E-state index contributed by atoms with van der Waals surface area (Å²) in [5.74, 6) is -0.653. The number of carboxylic acids is 1. The lowest BCUT2D eigenvalue weighted by molar-refractivity contribution is -0.137. The molecule has 4 nitrogen and oxygen atoms in total. The lowest BCUT2D eigenvalue weighted by Crippen LogP contribution is -2.43. The highest BCUT2D eigenvalue weighted by Crippen LogP contribution is 2.13. The Hall–Kier alpha value is -0.610. The van der Waals surface area contributed by atoms with E-state index in [4.69, 9.17) is 15.9 Å². The molecule has 4 N–H and O–H groups in total. The molecule has 0 radical (unpaired) electrons. The smallest absolute Gasteiger partial charge is 0.303 e. The van der Waals surface area contributed by atoms with Gasteiger partial charge in [-0.15, -0.1) is 0 Å². The van der Waals surface area contributed by atoms with Gasteiger partial charge in [0.05, 0.1) is 6.10 Å². The van der Waals surface area contributed by atoms with Gasteiger partial charge < -0.3 is 15.9 Å². The molecule has 0 aliphatic heterocycles. The van der Waals surface area contributed by atoms with Crippen LogP contribution in [0.3, 0.4) is 0 Å². The van der Waals surface area contributed by atoms with Gasteiger partial charge in [0.15, 0.2) is 0 Å². The highest BCUT2D eigenvalue weighted by atomic mass is 16.4. The molecule has 0 aromatic heterocycles. The first-order valence-electron chi connectivity index (χ1n) is 11.4. The maximum Gasteiger partial charge on any atom is 0.303 e. The molecule has 0 amide bonds. The van der Waals surface area contributed by atoms with Crippen molar-refractivity contribution in [2.45, 2.75) is 142 Å². The van der Waals surface area contributed by atoms with Crippen LogP contribution in [0.4, 0.5) is 0 Å². The summed E-state index contributed by atoms with van der Waals surface area (Å²) in [6.45, 7) is 7.53. The molecule has 27 heavy (non-hydrogen) atoms. The van der Waals surface area contributed by atoms with Crippen LogP contribution >= 0.6 is 0 Å². The first-order valence-corrected chi connectivity index (χ1v) is 11.4. The topological polar surface area (TPSA) is 83.5 Å². The molecule has 0 bridgehead atoms. The van der Waals surface area contributed by atoms with Crippen molar-refractivity contribution in [3.05, 3.63) is 0 Å². The minimum atomic E-state index is -0.653. The maximum atomic E-state index is 10.3. The number of nitrogens with two attached hydrogens (primary N) is 1. The van der Waals surface area contributed by atoms with E-state index in [-0.39, 0.29) is 0 Å². The Labute approximate surface area is 169 Å². The molecule has 0 aromatic rings. The Balaban J connectivity index is 0. The van der Waals surface area contributed by atoms with E-state index in [1.807, 2.05) is 0 Å². The van der Waals surface area contributed by atoms with E-state index in [0.29, 0.717) is 6.42 Å². The van der Waals surface area contributed by atoms with Gasteiger partial charge in [-0.25, -0.2) is 0 Å². The highest BCUT2D eigenvalue weighted by molar-refractivity contribution is 5.66. The van der Waals surface area contributed by atoms with Crippen molar-refractivity contribution in [2.24, 2.45) is 5.73 Å². The van der Waals surface area contributed by atoms with Gasteiger partial charge in [0.1, 0.15) is 0 Å². The Bertz CT molecular complexity index is 311. The summed E-state index contributed by atoms with van der Waals surface area (Å²) in [7, 11) is 0. The van der Waals surface area contributed by atoms with Crippen molar-refractivity contribution in [1.29, 1.82) is 0 Å². The van der Waals surface area contributed by atoms with Crippen molar-refractivity contribution >= 4 is 5.97 Å². The molecule has 0 spiro atoms. The van der Waals surface area contributed by atoms with Crippen LogP contribution in [0, 0.1) is 0 Å². The summed E-state index contributed by atoms with van der Waals surface area (Å²) < 4.78 is 0. The number of carboxylic acid groups (broad SMARTS) is 1. The molecule has 164 valence electrons. The zero-order chi connectivity index (χ0) is 21.0. The molecule has 0 saturated heterocycles. The average Bonchev–Trinajstić information content (AvgIpc) is 2.57. The van der Waals surface area contributed by atoms with E-state index in [1.165, 1.54) is 83.5 Å². The number of unbranched alkanes of at least 4 members (excludes halogenated alkanes) is 14. The summed E-state index contributed by atoms with van der Waals surface area (Å²) in [5.41, 5.74) is 4.98. The lowest BCUT2D eigenvalue weighted by Gasteiger charge is -2.21. The van der Waals surface area contributed by atoms with E-state index < -0.39 is 17.6 Å². The van der Waals surface area contributed by atoms with Crippen LogP contribution in [0.5, 0.6) is 0 Å². The molecular formula is C23H49NO3. The maximum absolute atomic E-state index is 10.3. The largest absolute Gasteiger partial charge is 0.481 e. The van der Waals surface area contributed by atoms with Gasteiger partial charge in [-0.3, -0.25) is 4.79 Å². The van der Waals surface area contributed by atoms with Crippen LogP contribution in [0.2, 0.25) is 0 Å². The van der Waals surface area contributed by atoms with E-state index in [2.05, 4.69) is 6.92 Å². The van der Waals surface area contributed by atoms with Crippen molar-refractivity contribution in [3.63, 3.8) is 0 Å². The van der Waals surface area contributed by atoms with Crippen LogP contribution < -0.4 is 5.73 Å². The Morgan fingerprint density at radius 1 is 0.778 bits per heavy atom. The van der Waals surface area contributed by atoms with Crippen molar-refractivity contribution in [2.75, 3.05) is 0 Å². The number of aliphatic hydroxyl groups excluding tert-OH is 1. The van der Waals surface area contributed by atoms with Crippen molar-refractivity contribution < 1.29 is 15.0 Å². The molecular weight excluding hydrogens is 338 g/mol. The zero-order valence-electron chi connectivity index (χ0n) is 18.8. The first-order chi connectivity index (χ1) is 12.7.